The molecule has 0 spiro atoms. The van der Waals surface area contributed by atoms with Gasteiger partial charge in [-0.25, -0.2) is 0 Å². The van der Waals surface area contributed by atoms with Crippen molar-refractivity contribution in [2.75, 3.05) is 7.05 Å². The minimum Gasteiger partial charge on any atom is -0.312 e. The summed E-state index contributed by atoms with van der Waals surface area (Å²) in [6, 6.07) is 19.9. The molecule has 1 aliphatic carbocycles. The number of benzene rings is 2. The SMILES string of the molecule is CNC1c2ccccc2CC1Sc1ccccc1. The van der Waals surface area contributed by atoms with Crippen molar-refractivity contribution in [3.63, 3.8) is 0 Å². The summed E-state index contributed by atoms with van der Waals surface area (Å²) >= 11 is 1.98. The van der Waals surface area contributed by atoms with Crippen molar-refractivity contribution >= 4 is 11.8 Å². The van der Waals surface area contributed by atoms with Crippen LogP contribution in [0.5, 0.6) is 0 Å². The molecule has 0 radical (unpaired) electrons. The summed E-state index contributed by atoms with van der Waals surface area (Å²) in [5.74, 6) is 0. The third kappa shape index (κ3) is 2.18. The molecule has 2 unspecified atom stereocenters. The smallest absolute Gasteiger partial charge is 0.0447 e. The van der Waals surface area contributed by atoms with Crippen LogP contribution in [0.25, 0.3) is 0 Å². The van der Waals surface area contributed by atoms with Crippen LogP contribution in [0.1, 0.15) is 17.2 Å². The summed E-state index contributed by atoms with van der Waals surface area (Å²) < 4.78 is 0. The van der Waals surface area contributed by atoms with Gasteiger partial charge in [0.15, 0.2) is 0 Å². The molecule has 1 nitrogen and oxygen atoms in total. The van der Waals surface area contributed by atoms with Crippen molar-refractivity contribution in [1.82, 2.24) is 5.32 Å². The largest absolute Gasteiger partial charge is 0.312 e. The minimum atomic E-state index is 0.464. The van der Waals surface area contributed by atoms with E-state index >= 15 is 0 Å². The molecule has 1 aliphatic rings. The first kappa shape index (κ1) is 11.8. The lowest BCUT2D eigenvalue weighted by atomic mass is 10.1. The molecule has 0 amide bonds. The molecule has 0 fully saturated rings. The second-order valence-electron chi connectivity index (χ2n) is 4.64. The third-order valence-electron chi connectivity index (χ3n) is 3.52. The summed E-state index contributed by atoms with van der Waals surface area (Å²) in [5, 5.41) is 4.06. The Labute approximate surface area is 113 Å². The van der Waals surface area contributed by atoms with Gasteiger partial charge >= 0.3 is 0 Å². The first-order valence-corrected chi connectivity index (χ1v) is 7.23. The van der Waals surface area contributed by atoms with Crippen LogP contribution in [0, 0.1) is 0 Å². The number of rotatable bonds is 3. The van der Waals surface area contributed by atoms with Crippen molar-refractivity contribution in [3.05, 3.63) is 65.7 Å². The minimum absolute atomic E-state index is 0.464. The highest BCUT2D eigenvalue weighted by Gasteiger charge is 2.31. The Hall–Kier alpha value is -1.25. The van der Waals surface area contributed by atoms with Gasteiger partial charge in [-0.1, -0.05) is 42.5 Å². The van der Waals surface area contributed by atoms with Gasteiger partial charge in [-0.3, -0.25) is 0 Å². The first-order valence-electron chi connectivity index (χ1n) is 6.35. The quantitative estimate of drug-likeness (QED) is 0.898. The fourth-order valence-electron chi connectivity index (χ4n) is 2.68. The summed E-state index contributed by atoms with van der Waals surface area (Å²) in [5.41, 5.74) is 2.96. The Morgan fingerprint density at radius 3 is 2.50 bits per heavy atom. The molecule has 92 valence electrons. The Balaban J connectivity index is 1.83. The average molecular weight is 255 g/mol. The van der Waals surface area contributed by atoms with E-state index in [1.54, 1.807) is 0 Å². The normalized spacial score (nSPS) is 21.8. The number of hydrogen-bond donors (Lipinski definition) is 1. The van der Waals surface area contributed by atoms with Crippen LogP contribution in [-0.4, -0.2) is 12.3 Å². The van der Waals surface area contributed by atoms with Crippen molar-refractivity contribution < 1.29 is 0 Å². The van der Waals surface area contributed by atoms with Crippen LogP contribution >= 0.6 is 11.8 Å². The number of hydrogen-bond acceptors (Lipinski definition) is 2. The molecule has 2 heteroatoms. The van der Waals surface area contributed by atoms with Crippen molar-refractivity contribution in [2.45, 2.75) is 22.6 Å². The monoisotopic (exact) mass is 255 g/mol. The summed E-state index contributed by atoms with van der Waals surface area (Å²) in [6.45, 7) is 0. The van der Waals surface area contributed by atoms with Gasteiger partial charge < -0.3 is 5.32 Å². The lowest BCUT2D eigenvalue weighted by molar-refractivity contribution is 0.603. The second kappa shape index (κ2) is 5.17. The maximum Gasteiger partial charge on any atom is 0.0447 e. The fraction of sp³-hybridized carbons (Fsp3) is 0.250. The van der Waals surface area contributed by atoms with E-state index in [4.69, 9.17) is 0 Å². The van der Waals surface area contributed by atoms with E-state index in [1.807, 2.05) is 11.8 Å². The van der Waals surface area contributed by atoms with E-state index in [9.17, 15) is 0 Å². The van der Waals surface area contributed by atoms with Crippen LogP contribution < -0.4 is 5.32 Å². The maximum absolute atomic E-state index is 3.47. The molecule has 0 heterocycles. The Kier molecular flexibility index (Phi) is 3.39. The van der Waals surface area contributed by atoms with Crippen LogP contribution in [-0.2, 0) is 6.42 Å². The molecule has 0 saturated heterocycles. The Morgan fingerprint density at radius 1 is 1.00 bits per heavy atom. The molecular weight excluding hydrogens is 238 g/mol. The molecule has 2 aromatic rings. The van der Waals surface area contributed by atoms with Crippen molar-refractivity contribution in [2.24, 2.45) is 0 Å². The second-order valence-corrected chi connectivity index (χ2v) is 5.95. The van der Waals surface area contributed by atoms with Crippen molar-refractivity contribution in [1.29, 1.82) is 0 Å². The van der Waals surface area contributed by atoms with Crippen molar-refractivity contribution in [3.8, 4) is 0 Å². The van der Waals surface area contributed by atoms with Crippen LogP contribution in [0.2, 0.25) is 0 Å². The highest BCUT2D eigenvalue weighted by atomic mass is 32.2. The Bertz CT molecular complexity index is 524. The average Bonchev–Trinajstić information content (AvgIpc) is 2.77. The van der Waals surface area contributed by atoms with E-state index in [2.05, 4.69) is 67.0 Å². The zero-order chi connectivity index (χ0) is 12.4. The van der Waals surface area contributed by atoms with Crippen LogP contribution in [0.3, 0.4) is 0 Å². The summed E-state index contributed by atoms with van der Waals surface area (Å²) in [7, 11) is 2.06. The third-order valence-corrected chi connectivity index (χ3v) is 4.81. The van der Waals surface area contributed by atoms with Gasteiger partial charge in [0.05, 0.1) is 0 Å². The summed E-state index contributed by atoms with van der Waals surface area (Å²) in [4.78, 5) is 1.36. The highest BCUT2D eigenvalue weighted by Crippen LogP contribution is 2.40. The van der Waals surface area contributed by atoms with Gasteiger partial charge in [-0.05, 0) is 36.7 Å². The number of nitrogens with one attached hydrogen (secondary N) is 1. The highest BCUT2D eigenvalue weighted by molar-refractivity contribution is 8.00. The molecule has 18 heavy (non-hydrogen) atoms. The zero-order valence-electron chi connectivity index (χ0n) is 10.5. The number of fused-ring (bicyclic) bond motifs is 1. The molecule has 2 atom stereocenters. The topological polar surface area (TPSA) is 12.0 Å². The molecule has 0 aromatic heterocycles. The predicted molar refractivity (Wildman–Crippen MR) is 78.0 cm³/mol. The standard InChI is InChI=1S/C16H17NS/c1-17-16-14-10-6-5-7-12(14)11-15(16)18-13-8-3-2-4-9-13/h2-10,15-17H,11H2,1H3. The van der Waals surface area contributed by atoms with Crippen LogP contribution in [0.15, 0.2) is 59.5 Å². The van der Waals surface area contributed by atoms with E-state index < -0.39 is 0 Å². The van der Waals surface area contributed by atoms with E-state index in [0.717, 1.165) is 6.42 Å². The first-order chi connectivity index (χ1) is 8.88. The van der Waals surface area contributed by atoms with Gasteiger partial charge in [0, 0.05) is 16.2 Å². The molecule has 2 aromatic carbocycles. The molecule has 0 saturated carbocycles. The predicted octanol–water partition coefficient (Wildman–Crippen LogP) is 3.66. The van der Waals surface area contributed by atoms with Crippen LogP contribution in [0.4, 0.5) is 0 Å². The Morgan fingerprint density at radius 2 is 1.72 bits per heavy atom. The van der Waals surface area contributed by atoms with Gasteiger partial charge in [0.25, 0.3) is 0 Å². The zero-order valence-corrected chi connectivity index (χ0v) is 11.3. The lowest BCUT2D eigenvalue weighted by Gasteiger charge is -2.19. The number of thioether (sulfide) groups is 1. The molecule has 0 aliphatic heterocycles. The maximum atomic E-state index is 3.47. The lowest BCUT2D eigenvalue weighted by Crippen LogP contribution is -2.23. The van der Waals surface area contributed by atoms with Gasteiger partial charge in [-0.15, -0.1) is 11.8 Å². The fourth-order valence-corrected chi connectivity index (χ4v) is 4.03. The molecular formula is C16H17NS. The van der Waals surface area contributed by atoms with E-state index in [1.165, 1.54) is 16.0 Å². The van der Waals surface area contributed by atoms with Gasteiger partial charge in [0.2, 0.25) is 0 Å². The van der Waals surface area contributed by atoms with Gasteiger partial charge in [0.1, 0.15) is 0 Å². The van der Waals surface area contributed by atoms with E-state index in [0.29, 0.717) is 11.3 Å². The molecule has 0 bridgehead atoms. The summed E-state index contributed by atoms with van der Waals surface area (Å²) in [6.07, 6.45) is 1.15. The van der Waals surface area contributed by atoms with E-state index in [-0.39, 0.29) is 0 Å². The molecule has 1 N–H and O–H groups in total. The molecule has 3 rings (SSSR count). The van der Waals surface area contributed by atoms with Gasteiger partial charge in [-0.2, -0.15) is 0 Å².